The standard InChI is InChI=1S/C39H78N2O2/c1-3-5-7-9-11-13-15-16-17-18-19-20-21-22-23-24-26-28-30-34-38(42)41-37-33-31-35-39(43)40-36-32-29-27-25-14-12-10-8-6-4-2/h3-37H2,1-2H3,(H,40,43)(H,41,42). The van der Waals surface area contributed by atoms with Crippen LogP contribution in [0.15, 0.2) is 0 Å². The molecular formula is C39H78N2O2. The van der Waals surface area contributed by atoms with Gasteiger partial charge in [0, 0.05) is 25.9 Å². The SMILES string of the molecule is CCCCCCCCCCCCCCCCCCCCCC(=O)NCCCCC(=O)NCCCCCCCCCCCC. The summed E-state index contributed by atoms with van der Waals surface area (Å²) < 4.78 is 0. The van der Waals surface area contributed by atoms with Crippen molar-refractivity contribution in [2.75, 3.05) is 13.1 Å². The molecule has 0 rings (SSSR count). The van der Waals surface area contributed by atoms with Gasteiger partial charge in [0.2, 0.25) is 11.8 Å². The van der Waals surface area contributed by atoms with Crippen molar-refractivity contribution in [3.05, 3.63) is 0 Å². The molecule has 0 bridgehead atoms. The maximum absolute atomic E-state index is 12.1. The van der Waals surface area contributed by atoms with Gasteiger partial charge in [0.1, 0.15) is 0 Å². The second-order valence-corrected chi connectivity index (χ2v) is 13.5. The van der Waals surface area contributed by atoms with Crippen LogP contribution in [0, 0.1) is 0 Å². The van der Waals surface area contributed by atoms with Gasteiger partial charge in [-0.3, -0.25) is 9.59 Å². The van der Waals surface area contributed by atoms with E-state index in [9.17, 15) is 9.59 Å². The number of carbonyl (C=O) groups is 2. The summed E-state index contributed by atoms with van der Waals surface area (Å²) in [6, 6.07) is 0. The summed E-state index contributed by atoms with van der Waals surface area (Å²) in [5, 5.41) is 6.09. The van der Waals surface area contributed by atoms with E-state index in [4.69, 9.17) is 0 Å². The van der Waals surface area contributed by atoms with E-state index in [2.05, 4.69) is 24.5 Å². The van der Waals surface area contributed by atoms with E-state index in [1.54, 1.807) is 0 Å². The highest BCUT2D eigenvalue weighted by Crippen LogP contribution is 2.15. The van der Waals surface area contributed by atoms with Gasteiger partial charge in [-0.05, 0) is 25.7 Å². The van der Waals surface area contributed by atoms with E-state index >= 15 is 0 Å². The van der Waals surface area contributed by atoms with Crippen molar-refractivity contribution >= 4 is 11.8 Å². The number of rotatable bonds is 36. The van der Waals surface area contributed by atoms with Gasteiger partial charge in [0.25, 0.3) is 0 Å². The molecule has 0 aliphatic carbocycles. The molecule has 0 saturated carbocycles. The first-order valence-electron chi connectivity index (χ1n) is 19.7. The second kappa shape index (κ2) is 37.1. The summed E-state index contributed by atoms with van der Waals surface area (Å²) in [7, 11) is 0. The summed E-state index contributed by atoms with van der Waals surface area (Å²) in [5.74, 6) is 0.341. The van der Waals surface area contributed by atoms with Crippen LogP contribution in [0.25, 0.3) is 0 Å². The molecule has 4 nitrogen and oxygen atoms in total. The van der Waals surface area contributed by atoms with Gasteiger partial charge in [-0.15, -0.1) is 0 Å². The predicted molar refractivity (Wildman–Crippen MR) is 190 cm³/mol. The first kappa shape index (κ1) is 41.9. The van der Waals surface area contributed by atoms with Gasteiger partial charge in [0.15, 0.2) is 0 Å². The minimum absolute atomic E-state index is 0.163. The highest BCUT2D eigenvalue weighted by atomic mass is 16.2. The third-order valence-corrected chi connectivity index (χ3v) is 9.01. The van der Waals surface area contributed by atoms with Gasteiger partial charge in [0.05, 0.1) is 0 Å². The average molecular weight is 607 g/mol. The van der Waals surface area contributed by atoms with Gasteiger partial charge < -0.3 is 10.6 Å². The number of unbranched alkanes of at least 4 members (excludes halogenated alkanes) is 28. The molecular weight excluding hydrogens is 528 g/mol. The monoisotopic (exact) mass is 607 g/mol. The van der Waals surface area contributed by atoms with Crippen LogP contribution in [0.1, 0.15) is 226 Å². The van der Waals surface area contributed by atoms with Crippen LogP contribution < -0.4 is 10.6 Å². The lowest BCUT2D eigenvalue weighted by Gasteiger charge is -2.07. The largest absolute Gasteiger partial charge is 0.356 e. The lowest BCUT2D eigenvalue weighted by Crippen LogP contribution is -2.26. The summed E-state index contributed by atoms with van der Waals surface area (Å²) in [6.45, 7) is 6.07. The normalized spacial score (nSPS) is 11.2. The number of carbonyl (C=O) groups excluding carboxylic acids is 2. The molecule has 4 heteroatoms. The zero-order valence-corrected chi connectivity index (χ0v) is 29.6. The molecule has 256 valence electrons. The van der Waals surface area contributed by atoms with Crippen LogP contribution in [0.5, 0.6) is 0 Å². The maximum Gasteiger partial charge on any atom is 0.219 e. The van der Waals surface area contributed by atoms with Crippen molar-refractivity contribution in [2.45, 2.75) is 226 Å². The van der Waals surface area contributed by atoms with Crippen LogP contribution in [0.2, 0.25) is 0 Å². The van der Waals surface area contributed by atoms with Crippen LogP contribution >= 0.6 is 0 Å². The van der Waals surface area contributed by atoms with Crippen LogP contribution in [-0.4, -0.2) is 24.9 Å². The molecule has 0 aliphatic rings. The van der Waals surface area contributed by atoms with Crippen LogP contribution in [0.3, 0.4) is 0 Å². The van der Waals surface area contributed by atoms with Crippen molar-refractivity contribution in [1.82, 2.24) is 10.6 Å². The van der Waals surface area contributed by atoms with Crippen molar-refractivity contribution in [3.8, 4) is 0 Å². The van der Waals surface area contributed by atoms with Gasteiger partial charge in [-0.1, -0.05) is 187 Å². The Bertz CT molecular complexity index is 565. The number of hydrogen-bond donors (Lipinski definition) is 2. The fourth-order valence-electron chi connectivity index (χ4n) is 6.02. The van der Waals surface area contributed by atoms with Gasteiger partial charge in [-0.25, -0.2) is 0 Å². The molecule has 0 unspecified atom stereocenters. The van der Waals surface area contributed by atoms with Crippen molar-refractivity contribution in [2.24, 2.45) is 0 Å². The summed E-state index contributed by atoms with van der Waals surface area (Å²) >= 11 is 0. The quantitative estimate of drug-likeness (QED) is 0.0697. The Labute approximate surface area is 270 Å². The third-order valence-electron chi connectivity index (χ3n) is 9.01. The molecule has 2 N–H and O–H groups in total. The highest BCUT2D eigenvalue weighted by molar-refractivity contribution is 5.76. The van der Waals surface area contributed by atoms with E-state index in [1.165, 1.54) is 173 Å². The van der Waals surface area contributed by atoms with Crippen molar-refractivity contribution in [1.29, 1.82) is 0 Å². The minimum atomic E-state index is 0.163. The van der Waals surface area contributed by atoms with E-state index in [1.807, 2.05) is 0 Å². The first-order chi connectivity index (χ1) is 21.2. The molecule has 0 aromatic rings. The molecule has 0 heterocycles. The Balaban J connectivity index is 3.24. The smallest absolute Gasteiger partial charge is 0.219 e. The molecule has 0 atom stereocenters. The van der Waals surface area contributed by atoms with E-state index in [-0.39, 0.29) is 11.8 Å². The average Bonchev–Trinajstić information content (AvgIpc) is 3.00. The molecule has 0 aromatic carbocycles. The molecule has 0 aromatic heterocycles. The lowest BCUT2D eigenvalue weighted by atomic mass is 10.0. The van der Waals surface area contributed by atoms with Gasteiger partial charge >= 0.3 is 0 Å². The Hall–Kier alpha value is -1.06. The number of amides is 2. The zero-order chi connectivity index (χ0) is 31.3. The summed E-state index contributed by atoms with van der Waals surface area (Å²) in [5.41, 5.74) is 0. The molecule has 0 spiro atoms. The Kier molecular flexibility index (Phi) is 36.2. The molecule has 0 aliphatic heterocycles. The van der Waals surface area contributed by atoms with Crippen LogP contribution in [0.4, 0.5) is 0 Å². The molecule has 2 amide bonds. The highest BCUT2D eigenvalue weighted by Gasteiger charge is 2.03. The van der Waals surface area contributed by atoms with E-state index in [0.29, 0.717) is 19.4 Å². The Morgan fingerprint density at radius 1 is 0.302 bits per heavy atom. The Morgan fingerprint density at radius 2 is 0.512 bits per heavy atom. The molecule has 0 fully saturated rings. The fraction of sp³-hybridized carbons (Fsp3) is 0.949. The molecule has 0 saturated heterocycles. The molecule has 0 radical (unpaired) electrons. The summed E-state index contributed by atoms with van der Waals surface area (Å²) in [6.07, 6.45) is 42.3. The van der Waals surface area contributed by atoms with E-state index in [0.717, 1.165) is 32.2 Å². The number of nitrogens with one attached hydrogen (secondary N) is 2. The second-order valence-electron chi connectivity index (χ2n) is 13.5. The Morgan fingerprint density at radius 3 is 0.814 bits per heavy atom. The minimum Gasteiger partial charge on any atom is -0.356 e. The predicted octanol–water partition coefficient (Wildman–Crippen LogP) is 12.1. The number of hydrogen-bond acceptors (Lipinski definition) is 2. The summed E-state index contributed by atoms with van der Waals surface area (Å²) in [4.78, 5) is 24.1. The van der Waals surface area contributed by atoms with Crippen molar-refractivity contribution < 1.29 is 9.59 Å². The topological polar surface area (TPSA) is 58.2 Å². The molecule has 43 heavy (non-hydrogen) atoms. The van der Waals surface area contributed by atoms with E-state index < -0.39 is 0 Å². The van der Waals surface area contributed by atoms with Crippen molar-refractivity contribution in [3.63, 3.8) is 0 Å². The van der Waals surface area contributed by atoms with Gasteiger partial charge in [-0.2, -0.15) is 0 Å². The van der Waals surface area contributed by atoms with Crippen LogP contribution in [-0.2, 0) is 9.59 Å². The third kappa shape index (κ3) is 37.0. The lowest BCUT2D eigenvalue weighted by molar-refractivity contribution is -0.121. The fourth-order valence-corrected chi connectivity index (χ4v) is 6.02. The zero-order valence-electron chi connectivity index (χ0n) is 29.6. The maximum atomic E-state index is 12.1. The first-order valence-corrected chi connectivity index (χ1v) is 19.7.